The van der Waals surface area contributed by atoms with Gasteiger partial charge in [-0.25, -0.2) is 0 Å². The molecule has 0 radical (unpaired) electrons. The second kappa shape index (κ2) is 3.87. The lowest BCUT2D eigenvalue weighted by atomic mass is 10.4. The number of hydrogen-bond donors (Lipinski definition) is 1. The molecule has 0 bridgehead atoms. The Morgan fingerprint density at radius 1 is 1.89 bits per heavy atom. The number of amides is 1. The van der Waals surface area contributed by atoms with Gasteiger partial charge in [0, 0.05) is 7.11 Å². The third-order valence-corrected chi connectivity index (χ3v) is 0.902. The van der Waals surface area contributed by atoms with Crippen molar-refractivity contribution in [2.75, 3.05) is 7.11 Å². The van der Waals surface area contributed by atoms with E-state index in [0.29, 0.717) is 0 Å². The SMILES string of the molecule is COC(C)C(=O)NC#N. The summed E-state index contributed by atoms with van der Waals surface area (Å²) in [6.45, 7) is 1.56. The zero-order valence-corrected chi connectivity index (χ0v) is 5.34. The van der Waals surface area contributed by atoms with Crippen LogP contribution in [0.2, 0.25) is 0 Å². The number of nitrogens with one attached hydrogen (secondary N) is 1. The molecule has 0 fully saturated rings. The van der Waals surface area contributed by atoms with Crippen LogP contribution in [-0.2, 0) is 9.53 Å². The van der Waals surface area contributed by atoms with Crippen molar-refractivity contribution in [1.29, 1.82) is 5.26 Å². The predicted octanol–water partition coefficient (Wildman–Crippen LogP) is -0.381. The fourth-order valence-corrected chi connectivity index (χ4v) is 0.264. The Hall–Kier alpha value is -1.08. The summed E-state index contributed by atoms with van der Waals surface area (Å²) >= 11 is 0. The van der Waals surface area contributed by atoms with E-state index in [2.05, 4.69) is 4.74 Å². The van der Waals surface area contributed by atoms with Gasteiger partial charge in [-0.3, -0.25) is 10.1 Å². The summed E-state index contributed by atoms with van der Waals surface area (Å²) < 4.78 is 4.60. The molecule has 0 aromatic heterocycles. The highest BCUT2D eigenvalue weighted by Gasteiger charge is 2.08. The zero-order chi connectivity index (χ0) is 7.28. The highest BCUT2D eigenvalue weighted by molar-refractivity contribution is 5.81. The van der Waals surface area contributed by atoms with Crippen molar-refractivity contribution in [3.63, 3.8) is 0 Å². The maximum atomic E-state index is 10.5. The summed E-state index contributed by atoms with van der Waals surface area (Å²) in [5.74, 6) is -0.417. The van der Waals surface area contributed by atoms with Crippen LogP contribution in [-0.4, -0.2) is 19.1 Å². The fraction of sp³-hybridized carbons (Fsp3) is 0.600. The van der Waals surface area contributed by atoms with Gasteiger partial charge in [0.1, 0.15) is 6.10 Å². The molecule has 1 atom stereocenters. The molecule has 1 amide bonds. The Balaban J connectivity index is 3.62. The van der Waals surface area contributed by atoms with Gasteiger partial charge in [-0.1, -0.05) is 0 Å². The van der Waals surface area contributed by atoms with Gasteiger partial charge >= 0.3 is 0 Å². The highest BCUT2D eigenvalue weighted by atomic mass is 16.5. The van der Waals surface area contributed by atoms with E-state index in [1.165, 1.54) is 13.3 Å². The zero-order valence-electron chi connectivity index (χ0n) is 5.34. The lowest BCUT2D eigenvalue weighted by Gasteiger charge is -2.03. The number of hydrogen-bond acceptors (Lipinski definition) is 3. The van der Waals surface area contributed by atoms with E-state index in [0.717, 1.165) is 0 Å². The van der Waals surface area contributed by atoms with Crippen LogP contribution < -0.4 is 5.32 Å². The first-order valence-corrected chi connectivity index (χ1v) is 2.44. The van der Waals surface area contributed by atoms with Gasteiger partial charge in [-0.15, -0.1) is 0 Å². The minimum Gasteiger partial charge on any atom is -0.372 e. The molecule has 50 valence electrons. The van der Waals surface area contributed by atoms with Crippen LogP contribution in [0.25, 0.3) is 0 Å². The van der Waals surface area contributed by atoms with Crippen LogP contribution in [0.1, 0.15) is 6.92 Å². The van der Waals surface area contributed by atoms with Gasteiger partial charge in [-0.2, -0.15) is 5.26 Å². The Kier molecular flexibility index (Phi) is 3.40. The van der Waals surface area contributed by atoms with Crippen LogP contribution in [0, 0.1) is 11.5 Å². The Morgan fingerprint density at radius 3 is 2.78 bits per heavy atom. The van der Waals surface area contributed by atoms with Crippen LogP contribution in [0.4, 0.5) is 0 Å². The first kappa shape index (κ1) is 7.92. The Labute approximate surface area is 53.4 Å². The minimum atomic E-state index is -0.551. The molecule has 1 N–H and O–H groups in total. The maximum Gasteiger partial charge on any atom is 0.261 e. The van der Waals surface area contributed by atoms with Crippen LogP contribution in [0.5, 0.6) is 0 Å². The van der Waals surface area contributed by atoms with Crippen LogP contribution in [0.3, 0.4) is 0 Å². The molecule has 0 aliphatic heterocycles. The van der Waals surface area contributed by atoms with Crippen molar-refractivity contribution in [2.24, 2.45) is 0 Å². The second-order valence-corrected chi connectivity index (χ2v) is 1.48. The van der Waals surface area contributed by atoms with Crippen molar-refractivity contribution >= 4 is 5.91 Å². The van der Waals surface area contributed by atoms with Gasteiger partial charge in [0.25, 0.3) is 5.91 Å². The Bertz CT molecular complexity index is 138. The van der Waals surface area contributed by atoms with Crippen molar-refractivity contribution in [1.82, 2.24) is 5.32 Å². The molecule has 4 heteroatoms. The van der Waals surface area contributed by atoms with E-state index < -0.39 is 12.0 Å². The first-order valence-electron chi connectivity index (χ1n) is 2.44. The third kappa shape index (κ3) is 2.67. The standard InChI is InChI=1S/C5H8N2O2/c1-4(9-2)5(8)7-3-6/h4H,1-2H3,(H,7,8). The molecule has 9 heavy (non-hydrogen) atoms. The monoisotopic (exact) mass is 128 g/mol. The summed E-state index contributed by atoms with van der Waals surface area (Å²) in [7, 11) is 1.40. The number of nitrogens with zero attached hydrogens (tertiary/aromatic N) is 1. The molecule has 4 nitrogen and oxygen atoms in total. The number of nitriles is 1. The molecule has 0 spiro atoms. The van der Waals surface area contributed by atoms with Crippen LogP contribution >= 0.6 is 0 Å². The molecule has 0 aromatic rings. The molecular formula is C5H8N2O2. The molecule has 0 aliphatic carbocycles. The van der Waals surface area contributed by atoms with Crippen molar-refractivity contribution in [3.8, 4) is 6.19 Å². The average molecular weight is 128 g/mol. The number of rotatable bonds is 2. The number of carbonyl (C=O) groups excluding carboxylic acids is 1. The van der Waals surface area contributed by atoms with E-state index >= 15 is 0 Å². The molecular weight excluding hydrogens is 120 g/mol. The normalized spacial score (nSPS) is 11.7. The molecule has 0 aliphatic rings. The van der Waals surface area contributed by atoms with Crippen molar-refractivity contribution in [3.05, 3.63) is 0 Å². The smallest absolute Gasteiger partial charge is 0.261 e. The fourth-order valence-electron chi connectivity index (χ4n) is 0.264. The van der Waals surface area contributed by atoms with Crippen molar-refractivity contribution in [2.45, 2.75) is 13.0 Å². The van der Waals surface area contributed by atoms with E-state index in [1.54, 1.807) is 6.92 Å². The van der Waals surface area contributed by atoms with Gasteiger partial charge in [0.05, 0.1) is 0 Å². The lowest BCUT2D eigenvalue weighted by molar-refractivity contribution is -0.128. The molecule has 0 rings (SSSR count). The summed E-state index contributed by atoms with van der Waals surface area (Å²) in [5.41, 5.74) is 0. The van der Waals surface area contributed by atoms with Crippen LogP contribution in [0.15, 0.2) is 0 Å². The summed E-state index contributed by atoms with van der Waals surface area (Å²) in [6, 6.07) is 0. The summed E-state index contributed by atoms with van der Waals surface area (Å²) in [4.78, 5) is 10.5. The topological polar surface area (TPSA) is 62.1 Å². The predicted molar refractivity (Wildman–Crippen MR) is 30.2 cm³/mol. The second-order valence-electron chi connectivity index (χ2n) is 1.48. The Morgan fingerprint density at radius 2 is 2.44 bits per heavy atom. The van der Waals surface area contributed by atoms with E-state index in [-0.39, 0.29) is 0 Å². The van der Waals surface area contributed by atoms with Gasteiger partial charge in [-0.05, 0) is 6.92 Å². The van der Waals surface area contributed by atoms with E-state index in [1.807, 2.05) is 5.32 Å². The molecule has 0 saturated carbocycles. The molecule has 0 saturated heterocycles. The molecule has 0 aromatic carbocycles. The summed E-state index contributed by atoms with van der Waals surface area (Å²) in [6.07, 6.45) is 0.952. The minimum absolute atomic E-state index is 0.417. The van der Waals surface area contributed by atoms with Gasteiger partial charge < -0.3 is 4.74 Å². The largest absolute Gasteiger partial charge is 0.372 e. The third-order valence-electron chi connectivity index (χ3n) is 0.902. The van der Waals surface area contributed by atoms with E-state index in [9.17, 15) is 4.79 Å². The van der Waals surface area contributed by atoms with Gasteiger partial charge in [0.15, 0.2) is 6.19 Å². The maximum absolute atomic E-state index is 10.5. The average Bonchev–Trinajstić information content (AvgIpc) is 1.87. The quantitative estimate of drug-likeness (QED) is 0.407. The van der Waals surface area contributed by atoms with E-state index in [4.69, 9.17) is 5.26 Å². The molecule has 1 unspecified atom stereocenters. The van der Waals surface area contributed by atoms with Crippen molar-refractivity contribution < 1.29 is 9.53 Å². The number of carbonyl (C=O) groups is 1. The number of methoxy groups -OCH3 is 1. The van der Waals surface area contributed by atoms with Gasteiger partial charge in [0.2, 0.25) is 0 Å². The number of ether oxygens (including phenoxy) is 1. The lowest BCUT2D eigenvalue weighted by Crippen LogP contribution is -2.30. The summed E-state index contributed by atoms with van der Waals surface area (Å²) in [5, 5.41) is 9.88. The molecule has 0 heterocycles. The first-order chi connectivity index (χ1) is 4.22. The highest BCUT2D eigenvalue weighted by Crippen LogP contribution is 1.84.